The van der Waals surface area contributed by atoms with Crippen LogP contribution in [0.1, 0.15) is 43.9 Å². The molecule has 0 bridgehead atoms. The molecule has 0 aromatic heterocycles. The first-order valence-corrected chi connectivity index (χ1v) is 9.78. The molecule has 0 heterocycles. The van der Waals surface area contributed by atoms with Crippen LogP contribution in [0.5, 0.6) is 5.75 Å². The van der Waals surface area contributed by atoms with Gasteiger partial charge in [-0.2, -0.15) is 0 Å². The van der Waals surface area contributed by atoms with Crippen LogP contribution in [0.3, 0.4) is 0 Å². The third-order valence-corrected chi connectivity index (χ3v) is 4.91. The van der Waals surface area contributed by atoms with Crippen LogP contribution in [0.4, 0.5) is 0 Å². The molecule has 0 aliphatic carbocycles. The number of hydrogen-bond acceptors (Lipinski definition) is 2. The van der Waals surface area contributed by atoms with Gasteiger partial charge >= 0.3 is 5.97 Å². The van der Waals surface area contributed by atoms with Gasteiger partial charge in [0, 0.05) is 6.42 Å². The van der Waals surface area contributed by atoms with Crippen molar-refractivity contribution in [2.45, 2.75) is 46.0 Å². The molecule has 0 atom stereocenters. The Balaban J connectivity index is 1.54. The molecule has 0 spiro atoms. The predicted octanol–water partition coefficient (Wildman–Crippen LogP) is 6.50. The van der Waals surface area contributed by atoms with Gasteiger partial charge < -0.3 is 4.74 Å². The standard InChI is InChI=1S/C26H28O2/c1-19-5-10-21(11-6-19)22-12-16-24(17-13-22)28-25(27)18-9-20-7-14-23(15-8-20)26(2,3)4/h5-8,10-17H,9,18H2,1-4H3. The number of benzene rings is 3. The number of ether oxygens (including phenoxy) is 1. The van der Waals surface area contributed by atoms with Crippen LogP contribution >= 0.6 is 0 Å². The Morgan fingerprint density at radius 1 is 0.786 bits per heavy atom. The normalized spacial score (nSPS) is 11.3. The van der Waals surface area contributed by atoms with Crippen LogP contribution < -0.4 is 4.74 Å². The summed E-state index contributed by atoms with van der Waals surface area (Å²) in [7, 11) is 0. The summed E-state index contributed by atoms with van der Waals surface area (Å²) >= 11 is 0. The molecule has 0 aliphatic heterocycles. The zero-order chi connectivity index (χ0) is 20.1. The van der Waals surface area contributed by atoms with Crippen LogP contribution in [-0.2, 0) is 16.6 Å². The maximum Gasteiger partial charge on any atom is 0.311 e. The number of carbonyl (C=O) groups excluding carboxylic acids is 1. The number of rotatable bonds is 5. The second-order valence-corrected chi connectivity index (χ2v) is 8.31. The van der Waals surface area contributed by atoms with Crippen molar-refractivity contribution < 1.29 is 9.53 Å². The molecule has 144 valence electrons. The monoisotopic (exact) mass is 372 g/mol. The largest absolute Gasteiger partial charge is 0.427 e. The zero-order valence-electron chi connectivity index (χ0n) is 17.2. The van der Waals surface area contributed by atoms with Crippen LogP contribution in [0, 0.1) is 6.92 Å². The zero-order valence-corrected chi connectivity index (χ0v) is 17.2. The predicted molar refractivity (Wildman–Crippen MR) is 116 cm³/mol. The van der Waals surface area contributed by atoms with E-state index >= 15 is 0 Å². The molecule has 0 amide bonds. The van der Waals surface area contributed by atoms with Crippen LogP contribution in [0.25, 0.3) is 11.1 Å². The summed E-state index contributed by atoms with van der Waals surface area (Å²) in [4.78, 5) is 12.2. The molecule has 0 fully saturated rings. The SMILES string of the molecule is Cc1ccc(-c2ccc(OC(=O)CCc3ccc(C(C)(C)C)cc3)cc2)cc1. The van der Waals surface area contributed by atoms with Crippen LogP contribution in [0.15, 0.2) is 72.8 Å². The first-order chi connectivity index (χ1) is 13.3. The highest BCUT2D eigenvalue weighted by Gasteiger charge is 2.13. The quantitative estimate of drug-likeness (QED) is 0.377. The Kier molecular flexibility index (Phi) is 5.99. The minimum Gasteiger partial charge on any atom is -0.427 e. The van der Waals surface area contributed by atoms with Gasteiger partial charge in [0.25, 0.3) is 0 Å². The molecule has 0 aliphatic rings. The molecular formula is C26H28O2. The third kappa shape index (κ3) is 5.32. The van der Waals surface area contributed by atoms with Gasteiger partial charge in [-0.05, 0) is 53.1 Å². The summed E-state index contributed by atoms with van der Waals surface area (Å²) in [5, 5.41) is 0. The molecule has 3 aromatic carbocycles. The Bertz CT molecular complexity index is 912. The summed E-state index contributed by atoms with van der Waals surface area (Å²) in [5.41, 5.74) is 6.10. The molecule has 0 N–H and O–H groups in total. The van der Waals surface area contributed by atoms with Gasteiger partial charge in [-0.25, -0.2) is 0 Å². The molecule has 28 heavy (non-hydrogen) atoms. The first kappa shape index (κ1) is 19.9. The Morgan fingerprint density at radius 3 is 1.86 bits per heavy atom. The van der Waals surface area contributed by atoms with E-state index in [0.29, 0.717) is 18.6 Å². The lowest BCUT2D eigenvalue weighted by Gasteiger charge is -2.19. The van der Waals surface area contributed by atoms with Gasteiger partial charge in [-0.15, -0.1) is 0 Å². The fourth-order valence-corrected chi connectivity index (χ4v) is 3.06. The fourth-order valence-electron chi connectivity index (χ4n) is 3.06. The third-order valence-electron chi connectivity index (χ3n) is 4.91. The molecule has 0 unspecified atom stereocenters. The van der Waals surface area contributed by atoms with E-state index in [4.69, 9.17) is 4.74 Å². The molecule has 3 rings (SSSR count). The average Bonchev–Trinajstić information content (AvgIpc) is 2.67. The Labute approximate surface area is 168 Å². The summed E-state index contributed by atoms with van der Waals surface area (Å²) in [5.74, 6) is 0.381. The van der Waals surface area contributed by atoms with Gasteiger partial charge in [-0.1, -0.05) is 87.0 Å². The summed E-state index contributed by atoms with van der Waals surface area (Å²) < 4.78 is 5.49. The summed E-state index contributed by atoms with van der Waals surface area (Å²) in [6.07, 6.45) is 1.05. The van der Waals surface area contributed by atoms with Crippen LogP contribution in [0.2, 0.25) is 0 Å². The van der Waals surface area contributed by atoms with Crippen molar-refractivity contribution in [3.05, 3.63) is 89.5 Å². The van der Waals surface area contributed by atoms with Gasteiger partial charge in [0.15, 0.2) is 0 Å². The fraction of sp³-hybridized carbons (Fsp3) is 0.269. The van der Waals surface area contributed by atoms with Crippen molar-refractivity contribution in [1.29, 1.82) is 0 Å². The molecular weight excluding hydrogens is 344 g/mol. The van der Waals surface area contributed by atoms with E-state index in [1.807, 2.05) is 24.3 Å². The minimum absolute atomic E-state index is 0.141. The van der Waals surface area contributed by atoms with E-state index in [9.17, 15) is 4.79 Å². The first-order valence-electron chi connectivity index (χ1n) is 9.78. The van der Waals surface area contributed by atoms with E-state index in [2.05, 4.69) is 76.2 Å². The number of aryl methyl sites for hydroxylation is 2. The maximum atomic E-state index is 12.2. The minimum atomic E-state index is -0.206. The second-order valence-electron chi connectivity index (χ2n) is 8.31. The number of hydrogen-bond donors (Lipinski definition) is 0. The lowest BCUT2D eigenvalue weighted by Crippen LogP contribution is -2.11. The Morgan fingerprint density at radius 2 is 1.32 bits per heavy atom. The van der Waals surface area contributed by atoms with E-state index in [1.165, 1.54) is 11.1 Å². The van der Waals surface area contributed by atoms with E-state index in [1.54, 1.807) is 0 Å². The summed E-state index contributed by atoms with van der Waals surface area (Å²) in [6, 6.07) is 24.5. The Hall–Kier alpha value is -2.87. The van der Waals surface area contributed by atoms with Gasteiger partial charge in [0.1, 0.15) is 5.75 Å². The molecule has 0 saturated heterocycles. The molecule has 2 heteroatoms. The number of esters is 1. The van der Waals surface area contributed by atoms with E-state index < -0.39 is 0 Å². The maximum absolute atomic E-state index is 12.2. The average molecular weight is 373 g/mol. The van der Waals surface area contributed by atoms with E-state index in [-0.39, 0.29) is 11.4 Å². The highest BCUT2D eigenvalue weighted by atomic mass is 16.5. The van der Waals surface area contributed by atoms with Crippen molar-refractivity contribution in [3.8, 4) is 16.9 Å². The van der Waals surface area contributed by atoms with Crippen LogP contribution in [-0.4, -0.2) is 5.97 Å². The van der Waals surface area contributed by atoms with Crippen molar-refractivity contribution in [2.24, 2.45) is 0 Å². The lowest BCUT2D eigenvalue weighted by molar-refractivity contribution is -0.134. The molecule has 2 nitrogen and oxygen atoms in total. The smallest absolute Gasteiger partial charge is 0.311 e. The highest BCUT2D eigenvalue weighted by molar-refractivity contribution is 5.73. The van der Waals surface area contributed by atoms with Crippen molar-refractivity contribution in [3.63, 3.8) is 0 Å². The molecule has 0 radical (unpaired) electrons. The molecule has 0 saturated carbocycles. The van der Waals surface area contributed by atoms with Crippen molar-refractivity contribution >= 4 is 5.97 Å². The van der Waals surface area contributed by atoms with Crippen molar-refractivity contribution in [2.75, 3.05) is 0 Å². The molecule has 3 aromatic rings. The summed E-state index contributed by atoms with van der Waals surface area (Å²) in [6.45, 7) is 8.67. The van der Waals surface area contributed by atoms with E-state index in [0.717, 1.165) is 16.7 Å². The van der Waals surface area contributed by atoms with Gasteiger partial charge in [-0.3, -0.25) is 4.79 Å². The van der Waals surface area contributed by atoms with Gasteiger partial charge in [0.2, 0.25) is 0 Å². The van der Waals surface area contributed by atoms with Gasteiger partial charge in [0.05, 0.1) is 0 Å². The second kappa shape index (κ2) is 8.43. The highest BCUT2D eigenvalue weighted by Crippen LogP contribution is 2.24. The lowest BCUT2D eigenvalue weighted by atomic mass is 9.86. The topological polar surface area (TPSA) is 26.3 Å². The number of carbonyl (C=O) groups is 1. The van der Waals surface area contributed by atoms with Crippen molar-refractivity contribution in [1.82, 2.24) is 0 Å².